The largest absolute Gasteiger partial charge is 0.340 e. The number of nitrogens with one attached hydrogen (secondary N) is 1. The summed E-state index contributed by atoms with van der Waals surface area (Å²) in [6, 6.07) is 17.8. The molecule has 1 N–H and O–H groups in total. The van der Waals surface area contributed by atoms with E-state index in [-0.39, 0.29) is 5.91 Å². The van der Waals surface area contributed by atoms with Gasteiger partial charge >= 0.3 is 0 Å². The minimum absolute atomic E-state index is 0.236. The van der Waals surface area contributed by atoms with Crippen LogP contribution in [0.5, 0.6) is 0 Å². The number of hydrogen-bond donors (Lipinski definition) is 1. The molecule has 27 heavy (non-hydrogen) atoms. The zero-order valence-corrected chi connectivity index (χ0v) is 16.2. The maximum absolute atomic E-state index is 12.7. The van der Waals surface area contributed by atoms with Gasteiger partial charge in [0.1, 0.15) is 5.69 Å². The molecule has 0 spiro atoms. The van der Waals surface area contributed by atoms with E-state index in [1.165, 1.54) is 0 Å². The second-order valence-corrected chi connectivity index (χ2v) is 6.87. The molecule has 0 unspecified atom stereocenters. The molecule has 0 atom stereocenters. The Morgan fingerprint density at radius 2 is 1.63 bits per heavy atom. The Hall–Kier alpha value is -3.21. The van der Waals surface area contributed by atoms with Gasteiger partial charge in [0.2, 0.25) is 5.95 Å². The maximum atomic E-state index is 12.7. The molecule has 0 bridgehead atoms. The first-order chi connectivity index (χ1) is 12.9. The van der Waals surface area contributed by atoms with E-state index in [4.69, 9.17) is 0 Å². The van der Waals surface area contributed by atoms with Crippen molar-refractivity contribution in [2.24, 2.45) is 0 Å². The molecule has 0 aliphatic carbocycles. The van der Waals surface area contributed by atoms with Crippen molar-refractivity contribution in [2.75, 3.05) is 17.3 Å². The number of carbonyl (C=O) groups excluding carboxylic acids is 1. The number of nitrogens with zero attached hydrogens (tertiary/aromatic N) is 3. The molecule has 1 amide bonds. The van der Waals surface area contributed by atoms with E-state index >= 15 is 0 Å². The molecule has 2 aromatic carbocycles. The third-order valence-electron chi connectivity index (χ3n) is 4.16. The molecule has 138 valence electrons. The van der Waals surface area contributed by atoms with Crippen LogP contribution in [-0.4, -0.2) is 22.9 Å². The van der Waals surface area contributed by atoms with Gasteiger partial charge in [-0.25, -0.2) is 9.97 Å². The highest BCUT2D eigenvalue weighted by Gasteiger charge is 2.14. The molecule has 0 saturated heterocycles. The minimum Gasteiger partial charge on any atom is -0.340 e. The molecule has 0 aliphatic heterocycles. The molecular weight excluding hydrogens is 336 g/mol. The summed E-state index contributed by atoms with van der Waals surface area (Å²) in [5.41, 5.74) is 5.25. The Balaban J connectivity index is 1.80. The van der Waals surface area contributed by atoms with Crippen LogP contribution in [0.25, 0.3) is 0 Å². The first kappa shape index (κ1) is 18.6. The number of aromatic nitrogens is 2. The third kappa shape index (κ3) is 4.91. The summed E-state index contributed by atoms with van der Waals surface area (Å²) >= 11 is 0. The Morgan fingerprint density at radius 1 is 0.963 bits per heavy atom. The van der Waals surface area contributed by atoms with Gasteiger partial charge in [-0.05, 0) is 55.7 Å². The van der Waals surface area contributed by atoms with Gasteiger partial charge in [0.15, 0.2) is 0 Å². The van der Waals surface area contributed by atoms with Gasteiger partial charge in [-0.1, -0.05) is 36.4 Å². The zero-order chi connectivity index (χ0) is 19.4. The normalized spacial score (nSPS) is 10.5. The Morgan fingerprint density at radius 3 is 2.30 bits per heavy atom. The van der Waals surface area contributed by atoms with E-state index in [1.54, 1.807) is 6.07 Å². The number of rotatable bonds is 5. The fraction of sp³-hybridized carbons (Fsp3) is 0.227. The number of amides is 1. The maximum Gasteiger partial charge on any atom is 0.274 e. The van der Waals surface area contributed by atoms with Crippen LogP contribution in [0.15, 0.2) is 54.6 Å². The Labute approximate surface area is 160 Å². The van der Waals surface area contributed by atoms with Crippen molar-refractivity contribution < 1.29 is 4.79 Å². The van der Waals surface area contributed by atoms with E-state index in [9.17, 15) is 4.79 Å². The van der Waals surface area contributed by atoms with Crippen LogP contribution in [0.2, 0.25) is 0 Å². The van der Waals surface area contributed by atoms with Gasteiger partial charge in [0, 0.05) is 25.0 Å². The van der Waals surface area contributed by atoms with Crippen LogP contribution in [0.4, 0.5) is 11.6 Å². The topological polar surface area (TPSA) is 58.1 Å². The lowest BCUT2D eigenvalue weighted by Gasteiger charge is -2.18. The predicted octanol–water partition coefficient (Wildman–Crippen LogP) is 4.29. The average Bonchev–Trinajstić information content (AvgIpc) is 2.61. The Bertz CT molecular complexity index is 934. The van der Waals surface area contributed by atoms with Gasteiger partial charge < -0.3 is 10.2 Å². The quantitative estimate of drug-likeness (QED) is 0.737. The molecule has 5 heteroatoms. The summed E-state index contributed by atoms with van der Waals surface area (Å²) in [5.74, 6) is 0.296. The molecule has 0 saturated carbocycles. The zero-order valence-electron chi connectivity index (χ0n) is 16.2. The van der Waals surface area contributed by atoms with Crippen LogP contribution in [0, 0.1) is 20.8 Å². The van der Waals surface area contributed by atoms with Crippen molar-refractivity contribution in [2.45, 2.75) is 27.3 Å². The first-order valence-corrected chi connectivity index (χ1v) is 8.91. The predicted molar refractivity (Wildman–Crippen MR) is 109 cm³/mol. The van der Waals surface area contributed by atoms with Crippen molar-refractivity contribution in [3.05, 3.63) is 82.7 Å². The highest BCUT2D eigenvalue weighted by molar-refractivity contribution is 6.03. The molecule has 5 nitrogen and oxygen atoms in total. The summed E-state index contributed by atoms with van der Waals surface area (Å²) in [4.78, 5) is 23.6. The summed E-state index contributed by atoms with van der Waals surface area (Å²) in [6.07, 6.45) is 0. The number of hydrogen-bond acceptors (Lipinski definition) is 4. The molecule has 0 fully saturated rings. The number of benzene rings is 2. The highest BCUT2D eigenvalue weighted by atomic mass is 16.1. The van der Waals surface area contributed by atoms with Crippen molar-refractivity contribution in [3.63, 3.8) is 0 Å². The summed E-state index contributed by atoms with van der Waals surface area (Å²) in [5, 5.41) is 2.94. The molecule has 3 rings (SSSR count). The van der Waals surface area contributed by atoms with Gasteiger partial charge in [-0.3, -0.25) is 4.79 Å². The van der Waals surface area contributed by atoms with Crippen molar-refractivity contribution in [1.82, 2.24) is 9.97 Å². The lowest BCUT2D eigenvalue weighted by Crippen LogP contribution is -2.22. The van der Waals surface area contributed by atoms with E-state index in [0.717, 1.165) is 28.1 Å². The average molecular weight is 360 g/mol. The summed E-state index contributed by atoms with van der Waals surface area (Å²) in [7, 11) is 1.92. The van der Waals surface area contributed by atoms with Gasteiger partial charge in [-0.15, -0.1) is 0 Å². The molecule has 1 aromatic heterocycles. The van der Waals surface area contributed by atoms with Crippen LogP contribution in [0.3, 0.4) is 0 Å². The van der Waals surface area contributed by atoms with E-state index in [2.05, 4.69) is 33.5 Å². The fourth-order valence-corrected chi connectivity index (χ4v) is 3.01. The molecule has 0 aliphatic rings. The number of aryl methyl sites for hydroxylation is 3. The van der Waals surface area contributed by atoms with Crippen LogP contribution < -0.4 is 10.2 Å². The van der Waals surface area contributed by atoms with Crippen molar-refractivity contribution in [1.29, 1.82) is 0 Å². The van der Waals surface area contributed by atoms with Gasteiger partial charge in [-0.2, -0.15) is 0 Å². The monoisotopic (exact) mass is 360 g/mol. The summed E-state index contributed by atoms with van der Waals surface area (Å²) < 4.78 is 0. The van der Waals surface area contributed by atoms with Crippen molar-refractivity contribution >= 4 is 17.5 Å². The van der Waals surface area contributed by atoms with Gasteiger partial charge in [0.25, 0.3) is 5.91 Å². The lowest BCUT2D eigenvalue weighted by atomic mass is 10.1. The SMILES string of the molecule is Cc1cc(C)cc(NC(=O)c2cc(C)nc(N(C)Cc3ccccc3)n2)c1. The molecular formula is C22H24N4O. The minimum atomic E-state index is -0.236. The van der Waals surface area contributed by atoms with Crippen LogP contribution in [0.1, 0.15) is 32.9 Å². The second kappa shape index (κ2) is 7.99. The third-order valence-corrected chi connectivity index (χ3v) is 4.16. The summed E-state index contributed by atoms with van der Waals surface area (Å²) in [6.45, 7) is 6.56. The second-order valence-electron chi connectivity index (χ2n) is 6.87. The highest BCUT2D eigenvalue weighted by Crippen LogP contribution is 2.16. The van der Waals surface area contributed by atoms with Gasteiger partial charge in [0.05, 0.1) is 0 Å². The number of carbonyl (C=O) groups is 1. The molecule has 1 heterocycles. The van der Waals surface area contributed by atoms with Crippen molar-refractivity contribution in [3.8, 4) is 0 Å². The Kier molecular flexibility index (Phi) is 5.50. The lowest BCUT2D eigenvalue weighted by molar-refractivity contribution is 0.102. The fourth-order valence-electron chi connectivity index (χ4n) is 3.01. The standard InChI is InChI=1S/C22H24N4O/c1-15-10-16(2)12-19(11-15)24-21(27)20-13-17(3)23-22(25-20)26(4)14-18-8-6-5-7-9-18/h5-13H,14H2,1-4H3,(H,24,27). The number of anilines is 2. The van der Waals surface area contributed by atoms with Crippen LogP contribution >= 0.6 is 0 Å². The first-order valence-electron chi connectivity index (χ1n) is 8.91. The smallest absolute Gasteiger partial charge is 0.274 e. The van der Waals surface area contributed by atoms with E-state index in [1.807, 2.05) is 63.1 Å². The van der Waals surface area contributed by atoms with E-state index < -0.39 is 0 Å². The van der Waals surface area contributed by atoms with E-state index in [0.29, 0.717) is 18.2 Å². The van der Waals surface area contributed by atoms with Crippen LogP contribution in [-0.2, 0) is 6.54 Å². The molecule has 3 aromatic rings. The molecule has 0 radical (unpaired) electrons.